The highest BCUT2D eigenvalue weighted by Gasteiger charge is 2.24. The molecule has 0 saturated carbocycles. The Bertz CT molecular complexity index is 684. The zero-order valence-corrected chi connectivity index (χ0v) is 12.0. The molecule has 1 unspecified atom stereocenters. The third-order valence-corrected chi connectivity index (χ3v) is 4.06. The summed E-state index contributed by atoms with van der Waals surface area (Å²) in [5.41, 5.74) is 7.17. The maximum absolute atomic E-state index is 9.31. The molecule has 0 aromatic carbocycles. The van der Waals surface area contributed by atoms with E-state index in [-0.39, 0.29) is 0 Å². The van der Waals surface area contributed by atoms with Gasteiger partial charge in [0, 0.05) is 31.7 Å². The van der Waals surface area contributed by atoms with Crippen LogP contribution in [0.15, 0.2) is 24.7 Å². The van der Waals surface area contributed by atoms with Crippen molar-refractivity contribution in [3.05, 3.63) is 36.0 Å². The van der Waals surface area contributed by atoms with Crippen LogP contribution < -0.4 is 10.6 Å². The summed E-state index contributed by atoms with van der Waals surface area (Å²) in [6.45, 7) is 3.81. The molecule has 0 aliphatic carbocycles. The number of hydrogen-bond donors (Lipinski definition) is 1. The van der Waals surface area contributed by atoms with Crippen molar-refractivity contribution in [3.8, 4) is 6.07 Å². The van der Waals surface area contributed by atoms with Crippen LogP contribution in [0.4, 0.5) is 11.5 Å². The van der Waals surface area contributed by atoms with E-state index in [0.717, 1.165) is 37.4 Å². The van der Waals surface area contributed by atoms with Crippen molar-refractivity contribution < 1.29 is 0 Å². The maximum atomic E-state index is 9.31. The van der Waals surface area contributed by atoms with Gasteiger partial charge in [0.05, 0.1) is 11.7 Å². The minimum absolute atomic E-state index is 0.302. The Morgan fingerprint density at radius 3 is 2.95 bits per heavy atom. The summed E-state index contributed by atoms with van der Waals surface area (Å²) in [5, 5.41) is 9.31. The lowest BCUT2D eigenvalue weighted by atomic mass is 10.0. The Kier molecular flexibility index (Phi) is 3.48. The predicted molar refractivity (Wildman–Crippen MR) is 80.8 cm³/mol. The van der Waals surface area contributed by atoms with E-state index in [9.17, 15) is 5.26 Å². The highest BCUT2D eigenvalue weighted by atomic mass is 15.2. The molecule has 2 N–H and O–H groups in total. The Morgan fingerprint density at radius 2 is 2.24 bits per heavy atom. The quantitative estimate of drug-likeness (QED) is 0.909. The fourth-order valence-corrected chi connectivity index (χ4v) is 3.02. The lowest BCUT2D eigenvalue weighted by Crippen LogP contribution is -2.37. The van der Waals surface area contributed by atoms with Crippen LogP contribution in [-0.2, 0) is 0 Å². The molecule has 6 heteroatoms. The van der Waals surface area contributed by atoms with Gasteiger partial charge in [0.1, 0.15) is 23.3 Å². The SMILES string of the molecule is Cc1nccn1C1CCCN(c2ccnc(N)c2C#N)C1. The van der Waals surface area contributed by atoms with Crippen LogP contribution in [-0.4, -0.2) is 27.6 Å². The first-order valence-corrected chi connectivity index (χ1v) is 7.09. The number of imidazole rings is 1. The lowest BCUT2D eigenvalue weighted by Gasteiger charge is -2.35. The van der Waals surface area contributed by atoms with Crippen molar-refractivity contribution >= 4 is 11.5 Å². The second-order valence-corrected chi connectivity index (χ2v) is 5.33. The van der Waals surface area contributed by atoms with Gasteiger partial charge in [-0.2, -0.15) is 5.26 Å². The summed E-state index contributed by atoms with van der Waals surface area (Å²) < 4.78 is 2.21. The van der Waals surface area contributed by atoms with E-state index in [1.165, 1.54) is 0 Å². The van der Waals surface area contributed by atoms with Crippen molar-refractivity contribution in [1.82, 2.24) is 14.5 Å². The number of nitrogens with two attached hydrogens (primary N) is 1. The number of nitriles is 1. The maximum Gasteiger partial charge on any atom is 0.143 e. The molecule has 21 heavy (non-hydrogen) atoms. The van der Waals surface area contributed by atoms with E-state index in [1.807, 2.05) is 25.4 Å². The number of nitrogens with zero attached hydrogens (tertiary/aromatic N) is 5. The molecule has 1 saturated heterocycles. The second-order valence-electron chi connectivity index (χ2n) is 5.33. The molecule has 108 valence electrons. The van der Waals surface area contributed by atoms with Crippen LogP contribution in [0.25, 0.3) is 0 Å². The Balaban J connectivity index is 1.89. The van der Waals surface area contributed by atoms with Gasteiger partial charge in [0.2, 0.25) is 0 Å². The summed E-state index contributed by atoms with van der Waals surface area (Å²) >= 11 is 0. The highest BCUT2D eigenvalue weighted by molar-refractivity contribution is 5.67. The van der Waals surface area contributed by atoms with Crippen molar-refractivity contribution in [2.24, 2.45) is 0 Å². The highest BCUT2D eigenvalue weighted by Crippen LogP contribution is 2.30. The molecule has 1 fully saturated rings. The molecule has 0 spiro atoms. The molecule has 3 rings (SSSR count). The van der Waals surface area contributed by atoms with Crippen molar-refractivity contribution in [3.63, 3.8) is 0 Å². The number of piperidine rings is 1. The minimum atomic E-state index is 0.302. The Hall–Kier alpha value is -2.55. The largest absolute Gasteiger partial charge is 0.383 e. The van der Waals surface area contributed by atoms with Crippen LogP contribution in [0.1, 0.15) is 30.3 Å². The number of nitrogen functional groups attached to an aromatic ring is 1. The predicted octanol–water partition coefficient (Wildman–Crippen LogP) is 1.88. The molecular weight excluding hydrogens is 264 g/mol. The number of anilines is 2. The van der Waals surface area contributed by atoms with Gasteiger partial charge in [-0.1, -0.05) is 0 Å². The fourth-order valence-electron chi connectivity index (χ4n) is 3.02. The number of aryl methyl sites for hydroxylation is 1. The number of pyridine rings is 1. The topological polar surface area (TPSA) is 83.8 Å². The van der Waals surface area contributed by atoms with Gasteiger partial charge in [0.15, 0.2) is 0 Å². The van der Waals surface area contributed by atoms with Crippen molar-refractivity contribution in [1.29, 1.82) is 5.26 Å². The van der Waals surface area contributed by atoms with Crippen LogP contribution in [0.3, 0.4) is 0 Å². The molecule has 1 atom stereocenters. The molecule has 0 amide bonds. The zero-order valence-electron chi connectivity index (χ0n) is 12.0. The Morgan fingerprint density at radius 1 is 1.38 bits per heavy atom. The summed E-state index contributed by atoms with van der Waals surface area (Å²) in [6.07, 6.45) is 7.72. The monoisotopic (exact) mass is 282 g/mol. The first-order valence-electron chi connectivity index (χ1n) is 7.09. The number of hydrogen-bond acceptors (Lipinski definition) is 5. The first-order chi connectivity index (χ1) is 10.2. The normalized spacial score (nSPS) is 18.5. The van der Waals surface area contributed by atoms with Gasteiger partial charge >= 0.3 is 0 Å². The van der Waals surface area contributed by atoms with Gasteiger partial charge in [-0.3, -0.25) is 0 Å². The minimum Gasteiger partial charge on any atom is -0.383 e. The average molecular weight is 282 g/mol. The van der Waals surface area contributed by atoms with E-state index in [1.54, 1.807) is 6.20 Å². The van der Waals surface area contributed by atoms with Gasteiger partial charge in [-0.25, -0.2) is 9.97 Å². The van der Waals surface area contributed by atoms with E-state index < -0.39 is 0 Å². The molecule has 1 aliphatic heterocycles. The molecule has 6 nitrogen and oxygen atoms in total. The third-order valence-electron chi connectivity index (χ3n) is 4.06. The van der Waals surface area contributed by atoms with Crippen LogP contribution in [0, 0.1) is 18.3 Å². The van der Waals surface area contributed by atoms with E-state index >= 15 is 0 Å². The number of aromatic nitrogens is 3. The molecule has 0 bridgehead atoms. The number of rotatable bonds is 2. The molecule has 1 aliphatic rings. The van der Waals surface area contributed by atoms with Gasteiger partial charge in [-0.05, 0) is 25.8 Å². The molecular formula is C15H18N6. The van der Waals surface area contributed by atoms with Gasteiger partial charge < -0.3 is 15.2 Å². The summed E-state index contributed by atoms with van der Waals surface area (Å²) in [4.78, 5) is 10.5. The molecule has 2 aromatic heterocycles. The summed E-state index contributed by atoms with van der Waals surface area (Å²) in [5.74, 6) is 1.33. The average Bonchev–Trinajstić information content (AvgIpc) is 2.93. The summed E-state index contributed by atoms with van der Waals surface area (Å²) in [7, 11) is 0. The molecule has 2 aromatic rings. The first kappa shape index (κ1) is 13.4. The fraction of sp³-hybridized carbons (Fsp3) is 0.400. The Labute approximate surface area is 123 Å². The smallest absolute Gasteiger partial charge is 0.143 e. The van der Waals surface area contributed by atoms with Crippen molar-refractivity contribution in [2.75, 3.05) is 23.7 Å². The zero-order chi connectivity index (χ0) is 14.8. The van der Waals surface area contributed by atoms with Crippen LogP contribution >= 0.6 is 0 Å². The van der Waals surface area contributed by atoms with Crippen LogP contribution in [0.5, 0.6) is 0 Å². The van der Waals surface area contributed by atoms with E-state index in [2.05, 4.69) is 25.5 Å². The second kappa shape index (κ2) is 5.44. The summed E-state index contributed by atoms with van der Waals surface area (Å²) in [6, 6.07) is 4.42. The third kappa shape index (κ3) is 2.42. The van der Waals surface area contributed by atoms with Crippen molar-refractivity contribution in [2.45, 2.75) is 25.8 Å². The molecule has 0 radical (unpaired) electrons. The standard InChI is InChI=1S/C15H18N6/c1-11-18-6-8-21(11)12-3-2-7-20(10-12)14-4-5-19-15(17)13(14)9-16/h4-6,8,12H,2-3,7,10H2,1H3,(H2,17,19). The van der Waals surface area contributed by atoms with Crippen LogP contribution in [0.2, 0.25) is 0 Å². The lowest BCUT2D eigenvalue weighted by molar-refractivity contribution is 0.399. The van der Waals surface area contributed by atoms with Gasteiger partial charge in [0.25, 0.3) is 0 Å². The van der Waals surface area contributed by atoms with E-state index in [0.29, 0.717) is 17.4 Å². The van der Waals surface area contributed by atoms with Gasteiger partial charge in [-0.15, -0.1) is 0 Å². The molecule has 3 heterocycles. The van der Waals surface area contributed by atoms with E-state index in [4.69, 9.17) is 5.73 Å².